The first-order valence-electron chi connectivity index (χ1n) is 10.0. The Morgan fingerprint density at radius 1 is 1.15 bits per heavy atom. The fourth-order valence-corrected chi connectivity index (χ4v) is 3.80. The predicted molar refractivity (Wildman–Crippen MR) is 102 cm³/mol. The first-order valence-corrected chi connectivity index (χ1v) is 10.0. The highest BCUT2D eigenvalue weighted by Gasteiger charge is 2.30. The minimum Gasteiger partial charge on any atom is -0.385 e. The lowest BCUT2D eigenvalue weighted by Gasteiger charge is -2.34. The molecule has 1 N–H and O–H groups in total. The summed E-state index contributed by atoms with van der Waals surface area (Å²) >= 11 is 0. The van der Waals surface area contributed by atoms with Crippen molar-refractivity contribution in [3.05, 3.63) is 17.2 Å². The number of imidazole rings is 1. The number of carbonyl (C=O) groups excluding carboxylic acids is 2. The zero-order chi connectivity index (χ0) is 19.2. The Morgan fingerprint density at radius 2 is 1.93 bits per heavy atom. The van der Waals surface area contributed by atoms with E-state index >= 15 is 0 Å². The third-order valence-corrected chi connectivity index (χ3v) is 5.44. The Morgan fingerprint density at radius 3 is 2.63 bits per heavy atom. The first kappa shape index (κ1) is 19.8. The quantitative estimate of drug-likeness (QED) is 0.710. The fourth-order valence-electron chi connectivity index (χ4n) is 3.80. The molecule has 1 aromatic heterocycles. The van der Waals surface area contributed by atoms with Crippen molar-refractivity contribution in [1.82, 2.24) is 24.7 Å². The van der Waals surface area contributed by atoms with Gasteiger partial charge in [0, 0.05) is 53.0 Å². The summed E-state index contributed by atoms with van der Waals surface area (Å²) in [6, 6.07) is 0. The number of piperazine rings is 1. The molecule has 0 saturated carbocycles. The molecular weight excluding hydrogens is 346 g/mol. The average Bonchev–Trinajstić information content (AvgIpc) is 3.10. The van der Waals surface area contributed by atoms with Crippen molar-refractivity contribution >= 4 is 11.8 Å². The van der Waals surface area contributed by atoms with Crippen LogP contribution in [0.3, 0.4) is 0 Å². The molecule has 8 nitrogen and oxygen atoms in total. The summed E-state index contributed by atoms with van der Waals surface area (Å²) in [5, 5.41) is 2.90. The van der Waals surface area contributed by atoms with Crippen LogP contribution < -0.4 is 5.32 Å². The second kappa shape index (κ2) is 9.32. The number of nitrogens with zero attached hydrogens (tertiary/aromatic N) is 4. The molecule has 0 radical (unpaired) electrons. The minimum atomic E-state index is -0.188. The van der Waals surface area contributed by atoms with Gasteiger partial charge in [-0.2, -0.15) is 0 Å². The van der Waals surface area contributed by atoms with Gasteiger partial charge in [0.2, 0.25) is 0 Å². The van der Waals surface area contributed by atoms with E-state index in [2.05, 4.69) is 22.1 Å². The highest BCUT2D eigenvalue weighted by molar-refractivity contribution is 5.97. The number of hydrogen-bond acceptors (Lipinski definition) is 5. The van der Waals surface area contributed by atoms with Gasteiger partial charge in [-0.15, -0.1) is 0 Å². The zero-order valence-corrected chi connectivity index (χ0v) is 16.5. The molecule has 3 heterocycles. The predicted octanol–water partition coefficient (Wildman–Crippen LogP) is 0.763. The van der Waals surface area contributed by atoms with Gasteiger partial charge in [-0.3, -0.25) is 9.59 Å². The van der Waals surface area contributed by atoms with Crippen LogP contribution in [0.5, 0.6) is 0 Å². The number of ether oxygens (including phenoxy) is 1. The summed E-state index contributed by atoms with van der Waals surface area (Å²) in [5.41, 5.74) is 1.32. The number of likely N-dealkylation sites (N-methyl/N-ethyl adjacent to an activating group) is 1. The topological polar surface area (TPSA) is 79.7 Å². The average molecular weight is 377 g/mol. The molecular formula is C19H31N5O3. The van der Waals surface area contributed by atoms with Crippen LogP contribution in [-0.2, 0) is 17.7 Å². The van der Waals surface area contributed by atoms with E-state index in [0.29, 0.717) is 37.8 Å². The van der Waals surface area contributed by atoms with Crippen LogP contribution in [0.4, 0.5) is 0 Å². The van der Waals surface area contributed by atoms with Crippen molar-refractivity contribution in [2.75, 3.05) is 53.0 Å². The number of carbonyl (C=O) groups is 2. The van der Waals surface area contributed by atoms with E-state index < -0.39 is 0 Å². The van der Waals surface area contributed by atoms with E-state index in [1.165, 1.54) is 0 Å². The van der Waals surface area contributed by atoms with Gasteiger partial charge in [-0.1, -0.05) is 6.92 Å². The third kappa shape index (κ3) is 4.50. The summed E-state index contributed by atoms with van der Waals surface area (Å²) in [7, 11) is 1.64. The van der Waals surface area contributed by atoms with Gasteiger partial charge in [-0.05, 0) is 32.2 Å². The molecule has 2 aliphatic heterocycles. The zero-order valence-electron chi connectivity index (χ0n) is 16.5. The normalized spacial score (nSPS) is 17.6. The summed E-state index contributed by atoms with van der Waals surface area (Å²) < 4.78 is 6.99. The molecule has 0 atom stereocenters. The van der Waals surface area contributed by atoms with E-state index in [0.717, 1.165) is 57.6 Å². The molecule has 0 bridgehead atoms. The summed E-state index contributed by atoms with van der Waals surface area (Å²) in [5.74, 6) is 0.190. The van der Waals surface area contributed by atoms with Gasteiger partial charge in [-0.25, -0.2) is 4.98 Å². The molecule has 0 unspecified atom stereocenters. The lowest BCUT2D eigenvalue weighted by Crippen LogP contribution is -2.49. The maximum atomic E-state index is 13.1. The third-order valence-electron chi connectivity index (χ3n) is 5.44. The van der Waals surface area contributed by atoms with E-state index in [1.807, 2.05) is 9.47 Å². The van der Waals surface area contributed by atoms with E-state index in [9.17, 15) is 9.59 Å². The van der Waals surface area contributed by atoms with Crippen LogP contribution in [0.1, 0.15) is 53.0 Å². The van der Waals surface area contributed by atoms with Crippen molar-refractivity contribution in [3.8, 4) is 0 Å². The van der Waals surface area contributed by atoms with Gasteiger partial charge in [0.1, 0.15) is 5.69 Å². The number of methoxy groups -OCH3 is 1. The molecule has 0 aromatic carbocycles. The number of nitrogens with one attached hydrogen (secondary N) is 1. The highest BCUT2D eigenvalue weighted by atomic mass is 16.5. The van der Waals surface area contributed by atoms with Gasteiger partial charge in [0.15, 0.2) is 5.82 Å². The Bertz CT molecular complexity index is 665. The lowest BCUT2D eigenvalue weighted by atomic mass is 10.1. The Hall–Kier alpha value is -1.93. The number of amides is 2. The van der Waals surface area contributed by atoms with Gasteiger partial charge < -0.3 is 24.4 Å². The van der Waals surface area contributed by atoms with Crippen LogP contribution in [0.25, 0.3) is 0 Å². The summed E-state index contributed by atoms with van der Waals surface area (Å²) in [6.07, 6.45) is 3.59. The minimum absolute atomic E-state index is 0.0488. The smallest absolute Gasteiger partial charge is 0.289 e. The van der Waals surface area contributed by atoms with Gasteiger partial charge in [0.05, 0.1) is 5.69 Å². The van der Waals surface area contributed by atoms with Crippen LogP contribution in [0.15, 0.2) is 0 Å². The molecule has 0 spiro atoms. The molecule has 0 aliphatic carbocycles. The van der Waals surface area contributed by atoms with Crippen molar-refractivity contribution in [2.45, 2.75) is 39.2 Å². The SMILES string of the molecule is CCN1CCN(C(=O)c2nc(C(=O)NCCCOC)c3n2CCCC3)CC1. The fraction of sp³-hybridized carbons (Fsp3) is 0.737. The number of rotatable bonds is 7. The lowest BCUT2D eigenvalue weighted by molar-refractivity contribution is 0.0625. The maximum Gasteiger partial charge on any atom is 0.289 e. The van der Waals surface area contributed by atoms with Crippen LogP contribution >= 0.6 is 0 Å². The maximum absolute atomic E-state index is 13.1. The molecule has 27 heavy (non-hydrogen) atoms. The molecule has 8 heteroatoms. The molecule has 1 aromatic rings. The van der Waals surface area contributed by atoms with Crippen molar-refractivity contribution < 1.29 is 14.3 Å². The molecule has 150 valence electrons. The molecule has 1 fully saturated rings. The highest BCUT2D eigenvalue weighted by Crippen LogP contribution is 2.22. The number of aromatic nitrogens is 2. The van der Waals surface area contributed by atoms with Crippen LogP contribution in [0, 0.1) is 0 Å². The Labute approximate surface area is 160 Å². The monoisotopic (exact) mass is 377 g/mol. The van der Waals surface area contributed by atoms with E-state index in [1.54, 1.807) is 7.11 Å². The van der Waals surface area contributed by atoms with Gasteiger partial charge >= 0.3 is 0 Å². The first-order chi connectivity index (χ1) is 13.2. The van der Waals surface area contributed by atoms with E-state index in [-0.39, 0.29) is 11.8 Å². The van der Waals surface area contributed by atoms with Crippen molar-refractivity contribution in [1.29, 1.82) is 0 Å². The van der Waals surface area contributed by atoms with E-state index in [4.69, 9.17) is 4.74 Å². The van der Waals surface area contributed by atoms with Crippen LogP contribution in [-0.4, -0.2) is 84.2 Å². The molecule has 2 amide bonds. The van der Waals surface area contributed by atoms with Crippen molar-refractivity contribution in [3.63, 3.8) is 0 Å². The standard InChI is InChI=1S/C19H31N5O3/c1-3-22-10-12-23(13-11-22)19(26)17-21-16(15-7-4-5-9-24(15)17)18(25)20-8-6-14-27-2/h3-14H2,1-2H3,(H,20,25). The Kier molecular flexibility index (Phi) is 6.84. The summed E-state index contributed by atoms with van der Waals surface area (Å²) in [4.78, 5) is 34.4. The number of hydrogen-bond donors (Lipinski definition) is 1. The molecule has 1 saturated heterocycles. The second-order valence-electron chi connectivity index (χ2n) is 7.17. The van der Waals surface area contributed by atoms with Gasteiger partial charge in [0.25, 0.3) is 11.8 Å². The second-order valence-corrected chi connectivity index (χ2v) is 7.17. The largest absolute Gasteiger partial charge is 0.385 e. The molecule has 3 rings (SSSR count). The molecule has 2 aliphatic rings. The van der Waals surface area contributed by atoms with Crippen molar-refractivity contribution in [2.24, 2.45) is 0 Å². The van der Waals surface area contributed by atoms with Crippen LogP contribution in [0.2, 0.25) is 0 Å². The number of fused-ring (bicyclic) bond motifs is 1. The summed E-state index contributed by atoms with van der Waals surface area (Å²) in [6.45, 7) is 8.27. The Balaban J connectivity index is 1.74.